The number of rotatable bonds is 8. The molecule has 0 radical (unpaired) electrons. The molecule has 0 aliphatic carbocycles. The lowest BCUT2D eigenvalue weighted by atomic mass is 9.99. The van der Waals surface area contributed by atoms with Crippen LogP contribution in [0.2, 0.25) is 10.0 Å². The number of para-hydroxylation sites is 1. The van der Waals surface area contributed by atoms with Crippen molar-refractivity contribution in [2.75, 3.05) is 44.2 Å². The maximum Gasteiger partial charge on any atom is 0.323 e. The minimum absolute atomic E-state index is 0.113. The third kappa shape index (κ3) is 7.10. The maximum absolute atomic E-state index is 13.7. The lowest BCUT2D eigenvalue weighted by Gasteiger charge is -2.38. The Labute approximate surface area is 260 Å². The summed E-state index contributed by atoms with van der Waals surface area (Å²) in [5.74, 6) is 1.01. The molecule has 0 fully saturated rings. The quantitative estimate of drug-likeness (QED) is 0.292. The van der Waals surface area contributed by atoms with E-state index in [1.807, 2.05) is 26.1 Å². The summed E-state index contributed by atoms with van der Waals surface area (Å²) >= 11 is 12.3. The van der Waals surface area contributed by atoms with Crippen molar-refractivity contribution in [2.45, 2.75) is 32.5 Å². The summed E-state index contributed by atoms with van der Waals surface area (Å²) in [6, 6.07) is 14.7. The van der Waals surface area contributed by atoms with Crippen molar-refractivity contribution < 1.29 is 28.9 Å². The number of urea groups is 1. The van der Waals surface area contributed by atoms with Crippen molar-refractivity contribution in [3.63, 3.8) is 0 Å². The Bertz CT molecular complexity index is 1510. The van der Waals surface area contributed by atoms with E-state index in [9.17, 15) is 14.7 Å². The number of hydrogen-bond acceptors (Lipinski definition) is 7. The van der Waals surface area contributed by atoms with Gasteiger partial charge in [-0.3, -0.25) is 9.69 Å². The summed E-state index contributed by atoms with van der Waals surface area (Å²) < 4.78 is 17.3. The lowest BCUT2D eigenvalue weighted by Crippen LogP contribution is -2.49. The van der Waals surface area contributed by atoms with Gasteiger partial charge in [0, 0.05) is 37.3 Å². The second-order valence-electron chi connectivity index (χ2n) is 10.9. The normalized spacial score (nSPS) is 18.4. The van der Waals surface area contributed by atoms with E-state index < -0.39 is 12.1 Å². The number of benzene rings is 3. The highest BCUT2D eigenvalue weighted by Crippen LogP contribution is 2.36. The van der Waals surface area contributed by atoms with Crippen molar-refractivity contribution in [1.29, 1.82) is 0 Å². The van der Waals surface area contributed by atoms with Crippen molar-refractivity contribution in [2.24, 2.45) is 5.92 Å². The topological polar surface area (TPSA) is 113 Å². The number of halogens is 2. The molecule has 12 heteroatoms. The molecule has 10 nitrogen and oxygen atoms in total. The average Bonchev–Trinajstić information content (AvgIpc) is 3.45. The van der Waals surface area contributed by atoms with Gasteiger partial charge in [0.2, 0.25) is 6.79 Å². The number of nitrogens with one attached hydrogen (secondary N) is 2. The van der Waals surface area contributed by atoms with Crippen LogP contribution >= 0.6 is 23.2 Å². The van der Waals surface area contributed by atoms with Crippen molar-refractivity contribution in [3.05, 3.63) is 75.8 Å². The number of aliphatic hydroxyl groups excluding tert-OH is 1. The summed E-state index contributed by atoms with van der Waals surface area (Å²) in [5, 5.41) is 16.6. The van der Waals surface area contributed by atoms with Gasteiger partial charge in [-0.2, -0.15) is 0 Å². The highest BCUT2D eigenvalue weighted by atomic mass is 35.5. The molecule has 0 saturated heterocycles. The largest absolute Gasteiger partial charge is 0.486 e. The van der Waals surface area contributed by atoms with Crippen LogP contribution in [0.1, 0.15) is 29.8 Å². The van der Waals surface area contributed by atoms with Crippen LogP contribution in [-0.2, 0) is 6.54 Å². The molecule has 3 aromatic rings. The Kier molecular flexibility index (Phi) is 9.51. The zero-order chi connectivity index (χ0) is 30.7. The highest BCUT2D eigenvalue weighted by Gasteiger charge is 2.34. The van der Waals surface area contributed by atoms with Crippen LogP contribution < -0.4 is 24.8 Å². The Morgan fingerprint density at radius 2 is 1.88 bits per heavy atom. The van der Waals surface area contributed by atoms with E-state index in [2.05, 4.69) is 15.5 Å². The number of fused-ring (bicyclic) bond motifs is 2. The molecule has 0 spiro atoms. The molecule has 2 aliphatic heterocycles. The molecule has 5 rings (SSSR count). The van der Waals surface area contributed by atoms with Crippen LogP contribution in [0.4, 0.5) is 16.2 Å². The average molecular weight is 630 g/mol. The van der Waals surface area contributed by atoms with Crippen molar-refractivity contribution in [1.82, 2.24) is 9.80 Å². The smallest absolute Gasteiger partial charge is 0.323 e. The first-order valence-corrected chi connectivity index (χ1v) is 14.7. The fraction of sp³-hybridized carbons (Fsp3) is 0.355. The molecule has 3 amide bonds. The van der Waals surface area contributed by atoms with E-state index in [0.29, 0.717) is 58.1 Å². The molecule has 0 bridgehead atoms. The molecule has 0 aromatic heterocycles. The first-order chi connectivity index (χ1) is 20.6. The van der Waals surface area contributed by atoms with Crippen LogP contribution in [-0.4, -0.2) is 72.5 Å². The number of amides is 3. The van der Waals surface area contributed by atoms with Crippen molar-refractivity contribution >= 4 is 46.5 Å². The molecular weight excluding hydrogens is 595 g/mol. The third-order valence-corrected chi connectivity index (χ3v) is 8.24. The fourth-order valence-electron chi connectivity index (χ4n) is 5.14. The summed E-state index contributed by atoms with van der Waals surface area (Å²) in [5.41, 5.74) is 2.14. The van der Waals surface area contributed by atoms with Gasteiger partial charge in [0.15, 0.2) is 17.2 Å². The van der Waals surface area contributed by atoms with Gasteiger partial charge in [0.05, 0.1) is 33.9 Å². The molecule has 43 heavy (non-hydrogen) atoms. The molecule has 0 saturated carbocycles. The van der Waals surface area contributed by atoms with Crippen LogP contribution in [0.15, 0.2) is 54.6 Å². The highest BCUT2D eigenvalue weighted by molar-refractivity contribution is 6.42. The Morgan fingerprint density at radius 3 is 2.65 bits per heavy atom. The Hall–Kier alpha value is -3.70. The van der Waals surface area contributed by atoms with E-state index in [0.717, 1.165) is 5.56 Å². The molecule has 3 aromatic carbocycles. The number of aliphatic hydroxyl groups is 1. The third-order valence-electron chi connectivity index (χ3n) is 7.50. The molecule has 2 aliphatic rings. The van der Waals surface area contributed by atoms with Crippen LogP contribution in [0.25, 0.3) is 0 Å². The number of nitrogens with zero attached hydrogens (tertiary/aromatic N) is 2. The second kappa shape index (κ2) is 13.3. The number of carbonyl (C=O) groups excluding carboxylic acids is 2. The van der Waals surface area contributed by atoms with E-state index in [-0.39, 0.29) is 37.1 Å². The number of ether oxygens (including phenoxy) is 3. The molecule has 228 valence electrons. The van der Waals surface area contributed by atoms with E-state index in [1.54, 1.807) is 54.3 Å². The summed E-state index contributed by atoms with van der Waals surface area (Å²) in [7, 11) is 1.97. The van der Waals surface area contributed by atoms with Gasteiger partial charge >= 0.3 is 6.03 Å². The first kappa shape index (κ1) is 30.7. The Morgan fingerprint density at radius 1 is 1.09 bits per heavy atom. The predicted molar refractivity (Wildman–Crippen MR) is 166 cm³/mol. The van der Waals surface area contributed by atoms with Gasteiger partial charge in [-0.25, -0.2) is 4.79 Å². The first-order valence-electron chi connectivity index (χ1n) is 13.9. The van der Waals surface area contributed by atoms with Gasteiger partial charge in [-0.1, -0.05) is 42.3 Å². The van der Waals surface area contributed by atoms with Crippen LogP contribution in [0, 0.1) is 5.92 Å². The van der Waals surface area contributed by atoms with E-state index in [4.69, 9.17) is 37.4 Å². The summed E-state index contributed by atoms with van der Waals surface area (Å²) in [4.78, 5) is 30.6. The summed E-state index contributed by atoms with van der Waals surface area (Å²) in [6.07, 6.45) is -0.368. The zero-order valence-corrected chi connectivity index (χ0v) is 25.6. The lowest BCUT2D eigenvalue weighted by molar-refractivity contribution is 0.0343. The van der Waals surface area contributed by atoms with Gasteiger partial charge in [0.25, 0.3) is 5.91 Å². The monoisotopic (exact) mass is 628 g/mol. The number of anilines is 2. The number of hydrogen-bond donors (Lipinski definition) is 3. The van der Waals surface area contributed by atoms with Gasteiger partial charge in [-0.15, -0.1) is 0 Å². The number of likely N-dealkylation sites (N-methyl/N-ethyl adjacent to an activating group) is 1. The minimum atomic E-state index is -0.521. The number of carbonyl (C=O) groups is 2. The zero-order valence-electron chi connectivity index (χ0n) is 24.1. The fourth-order valence-corrected chi connectivity index (χ4v) is 5.46. The van der Waals surface area contributed by atoms with Gasteiger partial charge in [0.1, 0.15) is 6.10 Å². The van der Waals surface area contributed by atoms with Gasteiger partial charge < -0.3 is 34.9 Å². The van der Waals surface area contributed by atoms with Crippen LogP contribution in [0.3, 0.4) is 0 Å². The minimum Gasteiger partial charge on any atom is -0.486 e. The maximum atomic E-state index is 13.7. The standard InChI is InChI=1S/C31H34Cl2N4O6/c1-18-13-37(19(2)16-38)30(39)22-5-4-6-25(35-31(40)34-21-8-10-26-27(12-21)42-17-41-26)29(22)43-28(18)15-36(3)14-20-7-9-23(32)24(33)11-20/h4-12,18-19,28,38H,13-17H2,1-3H3,(H2,34,35,40)/t18-,19+,28-/m1/s1. The predicted octanol–water partition coefficient (Wildman–Crippen LogP) is 5.72. The van der Waals surface area contributed by atoms with Crippen molar-refractivity contribution in [3.8, 4) is 17.2 Å². The van der Waals surface area contributed by atoms with Crippen LogP contribution in [0.5, 0.6) is 17.2 Å². The second-order valence-corrected chi connectivity index (χ2v) is 11.7. The molecule has 0 unspecified atom stereocenters. The molecule has 3 N–H and O–H groups in total. The molecular formula is C31H34Cl2N4O6. The SMILES string of the molecule is C[C@@H]1CN([C@@H](C)CO)C(=O)c2cccc(NC(=O)Nc3ccc4c(c3)OCO4)c2O[C@@H]1CN(C)Cc1ccc(Cl)c(Cl)c1. The molecule has 3 atom stereocenters. The molecule has 2 heterocycles. The summed E-state index contributed by atoms with van der Waals surface area (Å²) in [6.45, 7) is 5.23. The van der Waals surface area contributed by atoms with E-state index in [1.165, 1.54) is 0 Å². The van der Waals surface area contributed by atoms with Gasteiger partial charge in [-0.05, 0) is 55.9 Å². The van der Waals surface area contributed by atoms with E-state index >= 15 is 0 Å². The Balaban J connectivity index is 1.40.